The van der Waals surface area contributed by atoms with Crippen LogP contribution in [0.2, 0.25) is 0 Å². The number of nitrogens with zero attached hydrogens (tertiary/aromatic N) is 3. The molecule has 0 saturated heterocycles. The number of aromatic nitrogens is 1. The van der Waals surface area contributed by atoms with Crippen molar-refractivity contribution in [1.29, 1.82) is 0 Å². The van der Waals surface area contributed by atoms with Crippen LogP contribution >= 0.6 is 0 Å². The molecule has 208 valence electrons. The van der Waals surface area contributed by atoms with Crippen molar-refractivity contribution in [3.8, 4) is 5.75 Å². The van der Waals surface area contributed by atoms with Crippen LogP contribution in [-0.2, 0) is 24.4 Å². The summed E-state index contributed by atoms with van der Waals surface area (Å²) in [4.78, 5) is 31.2. The van der Waals surface area contributed by atoms with Gasteiger partial charge in [0.25, 0.3) is 5.91 Å². The number of hydrogen-bond acceptors (Lipinski definition) is 3. The standard InChI is InChI=1S/C34H39N3O3/c1-5-27(3)37(34(39)32-19-10-9-13-26(32)2)25-33(38)36(22-28-14-7-6-8-15-28)24-30-17-12-20-35(30)23-29-16-11-18-31(21-29)40-4/h6-21,27H,5,22-25H2,1-4H3. The lowest BCUT2D eigenvalue weighted by molar-refractivity contribution is -0.133. The topological polar surface area (TPSA) is 54.8 Å². The first-order valence-corrected chi connectivity index (χ1v) is 13.8. The Morgan fingerprint density at radius 3 is 2.33 bits per heavy atom. The van der Waals surface area contributed by atoms with Crippen LogP contribution in [0.4, 0.5) is 0 Å². The summed E-state index contributed by atoms with van der Waals surface area (Å²) < 4.78 is 7.55. The number of carbonyl (C=O) groups is 2. The Kier molecular flexibility index (Phi) is 9.79. The highest BCUT2D eigenvalue weighted by atomic mass is 16.5. The van der Waals surface area contributed by atoms with Crippen LogP contribution in [0.3, 0.4) is 0 Å². The van der Waals surface area contributed by atoms with Gasteiger partial charge in [0.05, 0.1) is 13.7 Å². The van der Waals surface area contributed by atoms with Crippen LogP contribution in [-0.4, -0.2) is 45.9 Å². The lowest BCUT2D eigenvalue weighted by atomic mass is 10.1. The molecular formula is C34H39N3O3. The van der Waals surface area contributed by atoms with Crippen molar-refractivity contribution in [2.45, 2.75) is 52.9 Å². The summed E-state index contributed by atoms with van der Waals surface area (Å²) in [7, 11) is 1.67. The van der Waals surface area contributed by atoms with Crippen molar-refractivity contribution >= 4 is 11.8 Å². The minimum Gasteiger partial charge on any atom is -0.497 e. The molecule has 3 aromatic carbocycles. The molecule has 6 heteroatoms. The monoisotopic (exact) mass is 537 g/mol. The summed E-state index contributed by atoms with van der Waals surface area (Å²) in [5, 5.41) is 0. The van der Waals surface area contributed by atoms with Crippen LogP contribution in [0.15, 0.2) is 97.2 Å². The summed E-state index contributed by atoms with van der Waals surface area (Å²) in [6.07, 6.45) is 2.79. The molecule has 0 spiro atoms. The molecule has 0 aliphatic heterocycles. The molecule has 0 aliphatic carbocycles. The Morgan fingerprint density at radius 1 is 0.875 bits per heavy atom. The van der Waals surface area contributed by atoms with Crippen LogP contribution in [0, 0.1) is 6.92 Å². The highest BCUT2D eigenvalue weighted by Gasteiger charge is 2.27. The van der Waals surface area contributed by atoms with Gasteiger partial charge in [-0.25, -0.2) is 0 Å². The first-order valence-electron chi connectivity index (χ1n) is 13.8. The molecule has 0 saturated carbocycles. The van der Waals surface area contributed by atoms with Crippen molar-refractivity contribution in [2.24, 2.45) is 0 Å². The Morgan fingerprint density at radius 2 is 1.60 bits per heavy atom. The smallest absolute Gasteiger partial charge is 0.254 e. The SMILES string of the molecule is CCC(C)N(CC(=O)N(Cc1ccccc1)Cc1cccn1Cc1cccc(OC)c1)C(=O)c1ccccc1C. The van der Waals surface area contributed by atoms with Crippen molar-refractivity contribution in [3.05, 3.63) is 125 Å². The molecule has 6 nitrogen and oxygen atoms in total. The Labute approximate surface area is 237 Å². The van der Waals surface area contributed by atoms with Crippen molar-refractivity contribution in [2.75, 3.05) is 13.7 Å². The van der Waals surface area contributed by atoms with Crippen molar-refractivity contribution in [1.82, 2.24) is 14.4 Å². The van der Waals surface area contributed by atoms with E-state index >= 15 is 0 Å². The number of amides is 2. The summed E-state index contributed by atoms with van der Waals surface area (Å²) in [6, 6.07) is 29.6. The summed E-state index contributed by atoms with van der Waals surface area (Å²) in [6.45, 7) is 7.55. The van der Waals surface area contributed by atoms with E-state index in [1.165, 1.54) is 0 Å². The van der Waals surface area contributed by atoms with Gasteiger partial charge in [-0.05, 0) is 67.3 Å². The van der Waals surface area contributed by atoms with E-state index in [4.69, 9.17) is 4.74 Å². The lowest BCUT2D eigenvalue weighted by Gasteiger charge is -2.32. The van der Waals surface area contributed by atoms with E-state index in [1.54, 1.807) is 12.0 Å². The average Bonchev–Trinajstić information content (AvgIpc) is 3.41. The Bertz CT molecular complexity index is 1410. The van der Waals surface area contributed by atoms with Crippen LogP contribution in [0.1, 0.15) is 53.0 Å². The molecule has 40 heavy (non-hydrogen) atoms. The van der Waals surface area contributed by atoms with Gasteiger partial charge in [-0.3, -0.25) is 9.59 Å². The highest BCUT2D eigenvalue weighted by Crippen LogP contribution is 2.19. The molecule has 1 heterocycles. The fourth-order valence-electron chi connectivity index (χ4n) is 4.81. The zero-order chi connectivity index (χ0) is 28.5. The van der Waals surface area contributed by atoms with Gasteiger partial charge in [-0.15, -0.1) is 0 Å². The molecule has 0 aliphatic rings. The van der Waals surface area contributed by atoms with Crippen LogP contribution in [0.25, 0.3) is 0 Å². The fourth-order valence-corrected chi connectivity index (χ4v) is 4.81. The van der Waals surface area contributed by atoms with E-state index in [0.29, 0.717) is 25.2 Å². The average molecular weight is 538 g/mol. The van der Waals surface area contributed by atoms with Crippen molar-refractivity contribution in [3.63, 3.8) is 0 Å². The van der Waals surface area contributed by atoms with Gasteiger partial charge in [0, 0.05) is 36.6 Å². The molecule has 0 N–H and O–H groups in total. The third-order valence-corrected chi connectivity index (χ3v) is 7.40. The number of methoxy groups -OCH3 is 1. The zero-order valence-corrected chi connectivity index (χ0v) is 23.9. The second kappa shape index (κ2) is 13.7. The second-order valence-electron chi connectivity index (χ2n) is 10.2. The minimum atomic E-state index is -0.109. The molecule has 1 atom stereocenters. The van der Waals surface area contributed by atoms with Gasteiger partial charge < -0.3 is 19.1 Å². The third-order valence-electron chi connectivity index (χ3n) is 7.40. The van der Waals surface area contributed by atoms with E-state index in [-0.39, 0.29) is 24.4 Å². The predicted molar refractivity (Wildman–Crippen MR) is 159 cm³/mol. The molecule has 1 unspecified atom stereocenters. The largest absolute Gasteiger partial charge is 0.497 e. The van der Waals surface area contributed by atoms with E-state index in [2.05, 4.69) is 16.7 Å². The molecule has 1 aromatic heterocycles. The maximum atomic E-state index is 14.0. The first-order chi connectivity index (χ1) is 19.4. The number of rotatable bonds is 12. The predicted octanol–water partition coefficient (Wildman–Crippen LogP) is 6.32. The fraction of sp³-hybridized carbons (Fsp3) is 0.294. The molecule has 0 bridgehead atoms. The van der Waals surface area contributed by atoms with Gasteiger partial charge in [0.2, 0.25) is 5.91 Å². The minimum absolute atomic E-state index is 0.0194. The van der Waals surface area contributed by atoms with E-state index in [0.717, 1.165) is 34.6 Å². The first kappa shape index (κ1) is 28.7. The number of ether oxygens (including phenoxy) is 1. The summed E-state index contributed by atoms with van der Waals surface area (Å²) in [5.41, 5.74) is 4.72. The van der Waals surface area contributed by atoms with Gasteiger partial charge >= 0.3 is 0 Å². The zero-order valence-electron chi connectivity index (χ0n) is 23.9. The molecule has 4 rings (SSSR count). The van der Waals surface area contributed by atoms with Gasteiger partial charge in [0.1, 0.15) is 12.3 Å². The molecule has 2 amide bonds. The number of benzene rings is 3. The Hall–Kier alpha value is -4.32. The molecule has 4 aromatic rings. The van der Waals surface area contributed by atoms with E-state index < -0.39 is 0 Å². The maximum absolute atomic E-state index is 14.0. The molecular weight excluding hydrogens is 498 g/mol. The maximum Gasteiger partial charge on any atom is 0.254 e. The normalized spacial score (nSPS) is 11.6. The third kappa shape index (κ3) is 7.20. The lowest BCUT2D eigenvalue weighted by Crippen LogP contribution is -2.46. The number of aryl methyl sites for hydroxylation is 1. The molecule has 0 fully saturated rings. The van der Waals surface area contributed by atoms with Crippen LogP contribution in [0.5, 0.6) is 5.75 Å². The van der Waals surface area contributed by atoms with Gasteiger partial charge in [-0.2, -0.15) is 0 Å². The highest BCUT2D eigenvalue weighted by molar-refractivity contribution is 5.97. The quantitative estimate of drug-likeness (QED) is 0.212. The molecule has 0 radical (unpaired) electrons. The second-order valence-corrected chi connectivity index (χ2v) is 10.2. The Balaban J connectivity index is 1.59. The summed E-state index contributed by atoms with van der Waals surface area (Å²) >= 11 is 0. The van der Waals surface area contributed by atoms with Crippen molar-refractivity contribution < 1.29 is 14.3 Å². The van der Waals surface area contributed by atoms with Gasteiger partial charge in [-0.1, -0.05) is 67.6 Å². The number of hydrogen-bond donors (Lipinski definition) is 0. The summed E-state index contributed by atoms with van der Waals surface area (Å²) in [5.74, 6) is 0.623. The van der Waals surface area contributed by atoms with Gasteiger partial charge in [0.15, 0.2) is 0 Å². The number of carbonyl (C=O) groups excluding carboxylic acids is 2. The van der Waals surface area contributed by atoms with E-state index in [1.807, 2.05) is 111 Å². The van der Waals surface area contributed by atoms with E-state index in [9.17, 15) is 9.59 Å². The van der Waals surface area contributed by atoms with Crippen LogP contribution < -0.4 is 4.74 Å².